The first kappa shape index (κ1) is 22.0. The number of rotatable bonds is 6. The first-order chi connectivity index (χ1) is 15.4. The van der Waals surface area contributed by atoms with Crippen LogP contribution in [0.2, 0.25) is 0 Å². The molecule has 168 valence electrons. The number of nitrogens with one attached hydrogen (secondary N) is 1. The van der Waals surface area contributed by atoms with Gasteiger partial charge in [0.25, 0.3) is 0 Å². The molecule has 32 heavy (non-hydrogen) atoms. The number of amides is 1. The van der Waals surface area contributed by atoms with E-state index in [2.05, 4.69) is 15.5 Å². The van der Waals surface area contributed by atoms with Gasteiger partial charge in [0.05, 0.1) is 23.4 Å². The van der Waals surface area contributed by atoms with Crippen molar-refractivity contribution in [1.82, 2.24) is 20.4 Å². The van der Waals surface area contributed by atoms with Gasteiger partial charge in [-0.15, -0.1) is 0 Å². The molecule has 1 amide bonds. The Morgan fingerprint density at radius 3 is 2.66 bits per heavy atom. The van der Waals surface area contributed by atoms with Crippen LogP contribution in [0.1, 0.15) is 54.4 Å². The fourth-order valence-corrected chi connectivity index (χ4v) is 4.29. The zero-order chi connectivity index (χ0) is 22.7. The normalized spacial score (nSPS) is 18.5. The highest BCUT2D eigenvalue weighted by Gasteiger charge is 2.27. The maximum Gasteiger partial charge on any atom is 0.224 e. The van der Waals surface area contributed by atoms with Crippen molar-refractivity contribution >= 4 is 5.91 Å². The van der Waals surface area contributed by atoms with Crippen molar-refractivity contribution in [2.75, 3.05) is 6.54 Å². The molecule has 8 heteroatoms. The molecule has 1 saturated carbocycles. The average molecular weight is 440 g/mol. The number of hydrogen-bond acceptors (Lipinski definition) is 5. The minimum atomic E-state index is -0.569. The summed E-state index contributed by atoms with van der Waals surface area (Å²) in [6.07, 6.45) is 5.40. The van der Waals surface area contributed by atoms with Crippen molar-refractivity contribution in [1.29, 1.82) is 0 Å². The largest absolute Gasteiger partial charge is 0.356 e. The van der Waals surface area contributed by atoms with Crippen molar-refractivity contribution in [2.45, 2.75) is 51.9 Å². The van der Waals surface area contributed by atoms with E-state index in [4.69, 9.17) is 9.51 Å². The van der Waals surface area contributed by atoms with Gasteiger partial charge in [-0.25, -0.2) is 18.7 Å². The molecule has 1 N–H and O–H groups in total. The third-order valence-electron chi connectivity index (χ3n) is 6.01. The smallest absolute Gasteiger partial charge is 0.224 e. The second-order valence-corrected chi connectivity index (χ2v) is 8.48. The molecular formula is C24H26F2N4O2. The summed E-state index contributed by atoms with van der Waals surface area (Å²) in [5.74, 6) is 0.602. The SMILES string of the molecule is Cc1cc(-c2cnc(C)nc2C2CCC(CNC(=O)Cc3cc(F)ccc3F)CC2)on1. The fourth-order valence-electron chi connectivity index (χ4n) is 4.29. The van der Waals surface area contributed by atoms with Gasteiger partial charge in [-0.05, 0) is 63.6 Å². The van der Waals surface area contributed by atoms with Gasteiger partial charge in [0.1, 0.15) is 17.5 Å². The Kier molecular flexibility index (Phi) is 6.58. The van der Waals surface area contributed by atoms with Crippen LogP contribution in [0, 0.1) is 31.4 Å². The minimum absolute atomic E-state index is 0.0699. The molecule has 0 bridgehead atoms. The third-order valence-corrected chi connectivity index (χ3v) is 6.01. The summed E-state index contributed by atoms with van der Waals surface area (Å²) in [7, 11) is 0. The first-order valence-corrected chi connectivity index (χ1v) is 10.9. The second-order valence-electron chi connectivity index (χ2n) is 8.48. The van der Waals surface area contributed by atoms with Crippen LogP contribution in [0.25, 0.3) is 11.3 Å². The summed E-state index contributed by atoms with van der Waals surface area (Å²) in [6.45, 7) is 4.28. The first-order valence-electron chi connectivity index (χ1n) is 10.9. The third kappa shape index (κ3) is 5.18. The maximum atomic E-state index is 13.7. The maximum absolute atomic E-state index is 13.7. The van der Waals surface area contributed by atoms with E-state index in [0.717, 1.165) is 66.7 Å². The Hall–Kier alpha value is -3.16. The van der Waals surface area contributed by atoms with Crippen LogP contribution >= 0.6 is 0 Å². The Labute approximate surface area is 185 Å². The lowest BCUT2D eigenvalue weighted by molar-refractivity contribution is -0.120. The quantitative estimate of drug-likeness (QED) is 0.603. The molecule has 0 unspecified atom stereocenters. The monoisotopic (exact) mass is 440 g/mol. The molecule has 1 aliphatic rings. The molecule has 2 aromatic heterocycles. The molecule has 1 aliphatic carbocycles. The van der Waals surface area contributed by atoms with Crippen LogP contribution in [0.3, 0.4) is 0 Å². The van der Waals surface area contributed by atoms with Crippen LogP contribution in [0.4, 0.5) is 8.78 Å². The molecule has 0 saturated heterocycles. The van der Waals surface area contributed by atoms with E-state index >= 15 is 0 Å². The number of carbonyl (C=O) groups excluding carboxylic acids is 1. The summed E-state index contributed by atoms with van der Waals surface area (Å²) in [5, 5.41) is 6.85. The van der Waals surface area contributed by atoms with Gasteiger partial charge in [-0.2, -0.15) is 0 Å². The highest BCUT2D eigenvalue weighted by atomic mass is 19.1. The lowest BCUT2D eigenvalue weighted by Gasteiger charge is -2.29. The molecule has 4 rings (SSSR count). The van der Waals surface area contributed by atoms with E-state index in [-0.39, 0.29) is 23.8 Å². The van der Waals surface area contributed by atoms with Gasteiger partial charge in [-0.3, -0.25) is 4.79 Å². The minimum Gasteiger partial charge on any atom is -0.356 e. The zero-order valence-corrected chi connectivity index (χ0v) is 18.2. The summed E-state index contributed by atoms with van der Waals surface area (Å²) >= 11 is 0. The molecule has 3 aromatic rings. The predicted octanol–water partition coefficient (Wildman–Crippen LogP) is 4.66. The molecule has 0 spiro atoms. The van der Waals surface area contributed by atoms with E-state index in [1.807, 2.05) is 19.9 Å². The molecule has 2 heterocycles. The van der Waals surface area contributed by atoms with Crippen LogP contribution in [-0.2, 0) is 11.2 Å². The zero-order valence-electron chi connectivity index (χ0n) is 18.2. The number of aryl methyl sites for hydroxylation is 2. The molecular weight excluding hydrogens is 414 g/mol. The Morgan fingerprint density at radius 2 is 1.94 bits per heavy atom. The van der Waals surface area contributed by atoms with Crippen molar-refractivity contribution in [2.24, 2.45) is 5.92 Å². The molecule has 0 aliphatic heterocycles. The molecule has 0 radical (unpaired) electrons. The molecule has 6 nitrogen and oxygen atoms in total. The fraction of sp³-hybridized carbons (Fsp3) is 0.417. The lowest BCUT2D eigenvalue weighted by Crippen LogP contribution is -2.32. The van der Waals surface area contributed by atoms with Gasteiger partial charge in [0.15, 0.2) is 5.76 Å². The lowest BCUT2D eigenvalue weighted by atomic mass is 9.79. The van der Waals surface area contributed by atoms with Crippen molar-refractivity contribution in [3.8, 4) is 11.3 Å². The summed E-state index contributed by atoms with van der Waals surface area (Å²) in [4.78, 5) is 21.3. The molecule has 1 fully saturated rings. The highest BCUT2D eigenvalue weighted by Crippen LogP contribution is 2.38. The van der Waals surface area contributed by atoms with Crippen LogP contribution in [0.5, 0.6) is 0 Å². The van der Waals surface area contributed by atoms with Gasteiger partial charge in [-0.1, -0.05) is 5.16 Å². The summed E-state index contributed by atoms with van der Waals surface area (Å²) < 4.78 is 32.5. The number of benzene rings is 1. The Bertz CT molecular complexity index is 1110. The van der Waals surface area contributed by atoms with Crippen molar-refractivity contribution in [3.05, 3.63) is 64.9 Å². The topological polar surface area (TPSA) is 80.9 Å². The van der Waals surface area contributed by atoms with E-state index in [1.54, 1.807) is 6.20 Å². The number of nitrogens with zero attached hydrogens (tertiary/aromatic N) is 3. The average Bonchev–Trinajstić information content (AvgIpc) is 3.21. The Balaban J connectivity index is 1.33. The van der Waals surface area contributed by atoms with Gasteiger partial charge in [0, 0.05) is 30.3 Å². The number of aromatic nitrogens is 3. The van der Waals surface area contributed by atoms with E-state index < -0.39 is 11.6 Å². The molecule has 0 atom stereocenters. The van der Waals surface area contributed by atoms with Gasteiger partial charge in [0.2, 0.25) is 5.91 Å². The number of hydrogen-bond donors (Lipinski definition) is 1. The molecule has 1 aromatic carbocycles. The van der Waals surface area contributed by atoms with Crippen molar-refractivity contribution < 1.29 is 18.1 Å². The van der Waals surface area contributed by atoms with Gasteiger partial charge < -0.3 is 9.84 Å². The Morgan fingerprint density at radius 1 is 1.16 bits per heavy atom. The highest BCUT2D eigenvalue weighted by molar-refractivity contribution is 5.78. The van der Waals surface area contributed by atoms with Crippen LogP contribution in [0.15, 0.2) is 35.0 Å². The predicted molar refractivity (Wildman–Crippen MR) is 115 cm³/mol. The van der Waals surface area contributed by atoms with Gasteiger partial charge >= 0.3 is 0 Å². The van der Waals surface area contributed by atoms with E-state index in [9.17, 15) is 13.6 Å². The number of carbonyl (C=O) groups is 1. The van der Waals surface area contributed by atoms with Crippen molar-refractivity contribution in [3.63, 3.8) is 0 Å². The van der Waals surface area contributed by atoms with Crippen LogP contribution < -0.4 is 5.32 Å². The van der Waals surface area contributed by atoms with E-state index in [1.165, 1.54) is 0 Å². The number of halogens is 2. The standard InChI is InChI=1S/C24H26F2N4O2/c1-14-9-22(32-30-14)20-13-27-15(2)29-24(20)17-5-3-16(4-6-17)12-28-23(31)11-18-10-19(25)7-8-21(18)26/h7-10,13,16-17H,3-6,11-12H2,1-2H3,(H,28,31). The summed E-state index contributed by atoms with van der Waals surface area (Å²) in [5.41, 5.74) is 2.74. The summed E-state index contributed by atoms with van der Waals surface area (Å²) in [6, 6.07) is 5.04. The van der Waals surface area contributed by atoms with Crippen LogP contribution in [-0.4, -0.2) is 27.6 Å². The second kappa shape index (κ2) is 9.54. The van der Waals surface area contributed by atoms with E-state index in [0.29, 0.717) is 18.2 Å².